The fourth-order valence-corrected chi connectivity index (χ4v) is 3.44. The number of benzene rings is 1. The first-order chi connectivity index (χ1) is 11.9. The predicted molar refractivity (Wildman–Crippen MR) is 88.6 cm³/mol. The summed E-state index contributed by atoms with van der Waals surface area (Å²) in [5.41, 5.74) is 1.94. The maximum atomic E-state index is 12.6. The monoisotopic (exact) mass is 360 g/mol. The van der Waals surface area contributed by atoms with Gasteiger partial charge >= 0.3 is 6.18 Å². The van der Waals surface area contributed by atoms with E-state index in [0.717, 1.165) is 28.7 Å². The molecule has 0 aliphatic carbocycles. The molecule has 0 saturated carbocycles. The van der Waals surface area contributed by atoms with Crippen molar-refractivity contribution in [2.24, 2.45) is 0 Å². The van der Waals surface area contributed by atoms with Gasteiger partial charge in [0.15, 0.2) is 5.65 Å². The lowest BCUT2D eigenvalue weighted by molar-refractivity contribution is -0.137. The van der Waals surface area contributed by atoms with E-state index in [4.69, 9.17) is 0 Å². The molecule has 0 unspecified atom stereocenters. The van der Waals surface area contributed by atoms with Crippen LogP contribution in [0.15, 0.2) is 58.8 Å². The zero-order chi connectivity index (χ0) is 17.6. The zero-order valence-corrected chi connectivity index (χ0v) is 13.8. The van der Waals surface area contributed by atoms with E-state index in [1.807, 2.05) is 41.7 Å². The molecule has 0 radical (unpaired) electrons. The fourth-order valence-electron chi connectivity index (χ4n) is 2.64. The fraction of sp³-hybridized carbons (Fsp3) is 0.118. The van der Waals surface area contributed by atoms with E-state index in [0.29, 0.717) is 15.8 Å². The van der Waals surface area contributed by atoms with Crippen LogP contribution in [0, 0.1) is 6.92 Å². The summed E-state index contributed by atoms with van der Waals surface area (Å²) in [4.78, 5) is 3.89. The van der Waals surface area contributed by atoms with Gasteiger partial charge in [-0.3, -0.25) is 4.40 Å². The highest BCUT2D eigenvalue weighted by atomic mass is 32.2. The van der Waals surface area contributed by atoms with Gasteiger partial charge in [0.05, 0.1) is 11.1 Å². The third kappa shape index (κ3) is 2.82. The number of hydrogen-bond donors (Lipinski definition) is 0. The average molecular weight is 360 g/mol. The molecular weight excluding hydrogens is 349 g/mol. The van der Waals surface area contributed by atoms with Crippen molar-refractivity contribution in [2.75, 3.05) is 0 Å². The molecule has 4 rings (SSSR count). The number of rotatable bonds is 2. The van der Waals surface area contributed by atoms with Crippen LogP contribution in [-0.4, -0.2) is 19.6 Å². The summed E-state index contributed by atoms with van der Waals surface area (Å²) in [6.45, 7) is 2.00. The lowest BCUT2D eigenvalue weighted by Gasteiger charge is -2.08. The van der Waals surface area contributed by atoms with Gasteiger partial charge in [0.2, 0.25) is 5.16 Å². The van der Waals surface area contributed by atoms with Crippen molar-refractivity contribution >= 4 is 28.3 Å². The summed E-state index contributed by atoms with van der Waals surface area (Å²) in [6, 6.07) is 12.1. The van der Waals surface area contributed by atoms with Gasteiger partial charge in [0, 0.05) is 11.6 Å². The standard InChI is InChI=1S/C17H11F3N4S/c1-10-8-14-22-23-16(24(14)13-5-3-2-4-12(10)13)25-15-7-6-11(9-21-15)17(18,19)20/h2-9H,1H3. The van der Waals surface area contributed by atoms with Crippen molar-refractivity contribution in [3.63, 3.8) is 0 Å². The number of alkyl halides is 3. The molecular formula is C17H11F3N4S. The van der Waals surface area contributed by atoms with Crippen LogP contribution in [0.4, 0.5) is 13.2 Å². The zero-order valence-electron chi connectivity index (χ0n) is 12.9. The van der Waals surface area contributed by atoms with Crippen molar-refractivity contribution in [1.29, 1.82) is 0 Å². The highest BCUT2D eigenvalue weighted by Crippen LogP contribution is 2.32. The van der Waals surface area contributed by atoms with Gasteiger partial charge in [0.1, 0.15) is 5.03 Å². The van der Waals surface area contributed by atoms with Crippen LogP contribution in [0.2, 0.25) is 0 Å². The molecule has 0 fully saturated rings. The highest BCUT2D eigenvalue weighted by Gasteiger charge is 2.30. The minimum absolute atomic E-state index is 0.423. The first kappa shape index (κ1) is 15.9. The first-order valence-electron chi connectivity index (χ1n) is 7.38. The van der Waals surface area contributed by atoms with Crippen molar-refractivity contribution < 1.29 is 13.2 Å². The van der Waals surface area contributed by atoms with Gasteiger partial charge < -0.3 is 0 Å². The van der Waals surface area contributed by atoms with E-state index < -0.39 is 11.7 Å². The van der Waals surface area contributed by atoms with Crippen molar-refractivity contribution in [1.82, 2.24) is 19.6 Å². The number of aryl methyl sites for hydroxylation is 1. The van der Waals surface area contributed by atoms with Crippen LogP contribution in [0.3, 0.4) is 0 Å². The Morgan fingerprint density at radius 1 is 1.04 bits per heavy atom. The van der Waals surface area contributed by atoms with Crippen LogP contribution < -0.4 is 0 Å². The summed E-state index contributed by atoms with van der Waals surface area (Å²) in [7, 11) is 0. The van der Waals surface area contributed by atoms with E-state index in [-0.39, 0.29) is 0 Å². The van der Waals surface area contributed by atoms with Gasteiger partial charge in [0.25, 0.3) is 0 Å². The van der Waals surface area contributed by atoms with E-state index in [1.165, 1.54) is 17.8 Å². The molecule has 0 saturated heterocycles. The number of para-hydroxylation sites is 1. The second kappa shape index (κ2) is 5.73. The van der Waals surface area contributed by atoms with Gasteiger partial charge in [-0.05, 0) is 48.5 Å². The maximum Gasteiger partial charge on any atom is 0.417 e. The van der Waals surface area contributed by atoms with Crippen molar-refractivity contribution in [2.45, 2.75) is 23.3 Å². The quantitative estimate of drug-likeness (QED) is 0.517. The first-order valence-corrected chi connectivity index (χ1v) is 8.20. The number of pyridine rings is 2. The summed E-state index contributed by atoms with van der Waals surface area (Å²) in [5.74, 6) is 0. The minimum atomic E-state index is -4.40. The Morgan fingerprint density at radius 3 is 2.56 bits per heavy atom. The third-order valence-corrected chi connectivity index (χ3v) is 4.73. The Balaban J connectivity index is 1.79. The van der Waals surface area contributed by atoms with Crippen LogP contribution >= 0.6 is 11.8 Å². The Bertz CT molecular complexity index is 1070. The van der Waals surface area contributed by atoms with E-state index in [1.54, 1.807) is 0 Å². The number of nitrogens with zero attached hydrogens (tertiary/aromatic N) is 4. The molecule has 4 nitrogen and oxygen atoms in total. The van der Waals surface area contributed by atoms with E-state index >= 15 is 0 Å². The van der Waals surface area contributed by atoms with Crippen LogP contribution in [0.1, 0.15) is 11.1 Å². The lowest BCUT2D eigenvalue weighted by atomic mass is 10.1. The smallest absolute Gasteiger partial charge is 0.270 e. The van der Waals surface area contributed by atoms with Crippen LogP contribution in [0.5, 0.6) is 0 Å². The molecule has 0 bridgehead atoms. The Hall–Kier alpha value is -2.61. The molecule has 8 heteroatoms. The van der Waals surface area contributed by atoms with Gasteiger partial charge in [-0.15, -0.1) is 10.2 Å². The van der Waals surface area contributed by atoms with Crippen LogP contribution in [0.25, 0.3) is 16.6 Å². The second-order valence-corrected chi connectivity index (χ2v) is 6.49. The van der Waals surface area contributed by atoms with E-state index in [2.05, 4.69) is 15.2 Å². The minimum Gasteiger partial charge on any atom is -0.270 e. The number of aromatic nitrogens is 4. The Morgan fingerprint density at radius 2 is 1.84 bits per heavy atom. The van der Waals surface area contributed by atoms with Crippen molar-refractivity contribution in [3.05, 3.63) is 59.8 Å². The summed E-state index contributed by atoms with van der Waals surface area (Å²) >= 11 is 1.17. The number of halogens is 3. The molecule has 0 atom stereocenters. The molecule has 25 heavy (non-hydrogen) atoms. The predicted octanol–water partition coefficient (Wildman–Crippen LogP) is 4.76. The molecule has 126 valence electrons. The molecule has 0 aliphatic rings. The number of fused-ring (bicyclic) bond motifs is 3. The maximum absolute atomic E-state index is 12.6. The lowest BCUT2D eigenvalue weighted by Crippen LogP contribution is -2.05. The Kier molecular flexibility index (Phi) is 3.64. The summed E-state index contributed by atoms with van der Waals surface area (Å²) in [5, 5.41) is 10.4. The molecule has 1 aromatic carbocycles. The average Bonchev–Trinajstić information content (AvgIpc) is 2.97. The van der Waals surface area contributed by atoms with Gasteiger partial charge in [-0.2, -0.15) is 13.2 Å². The molecule has 0 spiro atoms. The normalized spacial score (nSPS) is 12.2. The molecule has 0 aliphatic heterocycles. The largest absolute Gasteiger partial charge is 0.417 e. The van der Waals surface area contributed by atoms with E-state index in [9.17, 15) is 13.2 Å². The summed E-state index contributed by atoms with van der Waals surface area (Å²) < 4.78 is 39.8. The molecule has 4 aromatic rings. The topological polar surface area (TPSA) is 43.1 Å². The second-order valence-electron chi connectivity index (χ2n) is 5.51. The molecule has 0 N–H and O–H groups in total. The van der Waals surface area contributed by atoms with Gasteiger partial charge in [-0.1, -0.05) is 18.2 Å². The summed E-state index contributed by atoms with van der Waals surface area (Å²) in [6.07, 6.45) is -3.57. The third-order valence-electron chi connectivity index (χ3n) is 3.83. The molecule has 0 amide bonds. The van der Waals surface area contributed by atoms with Gasteiger partial charge in [-0.25, -0.2) is 4.98 Å². The van der Waals surface area contributed by atoms with Crippen LogP contribution in [-0.2, 0) is 6.18 Å². The highest BCUT2D eigenvalue weighted by molar-refractivity contribution is 7.99. The molecule has 3 heterocycles. The molecule has 3 aromatic heterocycles. The Labute approximate surface area is 144 Å². The SMILES string of the molecule is Cc1cc2nnc(Sc3ccc(C(F)(F)F)cn3)n2c2ccccc12. The number of hydrogen-bond acceptors (Lipinski definition) is 4. The van der Waals surface area contributed by atoms with Crippen molar-refractivity contribution in [3.8, 4) is 0 Å².